The summed E-state index contributed by atoms with van der Waals surface area (Å²) in [5.41, 5.74) is 5.05. The Morgan fingerprint density at radius 1 is 1.28 bits per heavy atom. The molecule has 1 atom stereocenters. The Bertz CT molecular complexity index is 251. The number of thioether (sulfide) groups is 1. The van der Waals surface area contributed by atoms with Crippen LogP contribution in [0, 0.1) is 0 Å². The van der Waals surface area contributed by atoms with Gasteiger partial charge < -0.3 is 21.7 Å². The smallest absolute Gasteiger partial charge is 0.312 e. The van der Waals surface area contributed by atoms with E-state index in [4.69, 9.17) is 5.73 Å². The third kappa shape index (κ3) is 9.12. The summed E-state index contributed by atoms with van der Waals surface area (Å²) >= 11 is 1.62. The van der Waals surface area contributed by atoms with E-state index in [1.807, 2.05) is 6.26 Å². The molecule has 0 saturated heterocycles. The molecule has 0 bridgehead atoms. The van der Waals surface area contributed by atoms with Gasteiger partial charge in [-0.3, -0.25) is 4.79 Å². The molecule has 106 valence electrons. The van der Waals surface area contributed by atoms with Gasteiger partial charge in [0.25, 0.3) is 0 Å². The molecule has 18 heavy (non-hydrogen) atoms. The van der Waals surface area contributed by atoms with Crippen LogP contribution in [0.5, 0.6) is 0 Å². The van der Waals surface area contributed by atoms with Gasteiger partial charge in [-0.2, -0.15) is 11.8 Å². The van der Waals surface area contributed by atoms with Crippen molar-refractivity contribution in [3.05, 3.63) is 0 Å². The molecule has 3 amide bonds. The van der Waals surface area contributed by atoms with E-state index in [-0.39, 0.29) is 5.91 Å². The molecule has 0 rings (SSSR count). The van der Waals surface area contributed by atoms with Crippen molar-refractivity contribution < 1.29 is 9.59 Å². The topological polar surface area (TPSA) is 96.2 Å². The number of urea groups is 1. The van der Waals surface area contributed by atoms with Gasteiger partial charge in [0.05, 0.1) is 0 Å². The fourth-order valence-electron chi connectivity index (χ4n) is 1.38. The molecular weight excluding hydrogens is 252 g/mol. The van der Waals surface area contributed by atoms with Crippen LogP contribution in [0.2, 0.25) is 0 Å². The summed E-state index contributed by atoms with van der Waals surface area (Å²) in [6.07, 6.45) is 3.60. The summed E-state index contributed by atoms with van der Waals surface area (Å²) in [5, 5.41) is 8.42. The first-order chi connectivity index (χ1) is 8.61. The molecule has 0 fully saturated rings. The van der Waals surface area contributed by atoms with Crippen LogP contribution >= 0.6 is 11.8 Å². The van der Waals surface area contributed by atoms with Gasteiger partial charge in [0, 0.05) is 13.1 Å². The molecule has 0 radical (unpaired) electrons. The minimum Gasteiger partial charge on any atom is -0.353 e. The third-order valence-electron chi connectivity index (χ3n) is 2.27. The Balaban J connectivity index is 3.92. The summed E-state index contributed by atoms with van der Waals surface area (Å²) in [7, 11) is 0. The van der Waals surface area contributed by atoms with E-state index >= 15 is 0 Å². The monoisotopic (exact) mass is 276 g/mol. The zero-order valence-corrected chi connectivity index (χ0v) is 11.9. The number of primary amides is 1. The van der Waals surface area contributed by atoms with E-state index in [9.17, 15) is 9.59 Å². The maximum atomic E-state index is 11.8. The normalized spacial score (nSPS) is 11.9. The van der Waals surface area contributed by atoms with Crippen LogP contribution in [0.25, 0.3) is 0 Å². The predicted molar refractivity (Wildman–Crippen MR) is 75.7 cm³/mol. The Morgan fingerprint density at radius 3 is 2.56 bits per heavy atom. The number of carbonyl (C=O) groups excluding carboxylic acids is 2. The Hall–Kier alpha value is -0.950. The van der Waals surface area contributed by atoms with E-state index in [1.54, 1.807) is 11.8 Å². The van der Waals surface area contributed by atoms with Crippen molar-refractivity contribution in [2.24, 2.45) is 5.73 Å². The Kier molecular flexibility index (Phi) is 10.6. The third-order valence-corrected chi connectivity index (χ3v) is 2.92. The molecular formula is C11H24N4O2S. The van der Waals surface area contributed by atoms with Crippen LogP contribution in [-0.2, 0) is 4.79 Å². The molecule has 0 aromatic carbocycles. The van der Waals surface area contributed by atoms with Crippen LogP contribution in [-0.4, -0.2) is 49.6 Å². The highest BCUT2D eigenvalue weighted by Crippen LogP contribution is 2.00. The number of rotatable bonds is 10. The van der Waals surface area contributed by atoms with Gasteiger partial charge in [0.2, 0.25) is 5.91 Å². The standard InChI is InChI=1S/C11H24N4O2S/c1-3-5-13-6-7-14-10(16)9(4-8-18-2)15-11(12)17/h9,13H,3-8H2,1-2H3,(H,14,16)(H3,12,15,17). The highest BCUT2D eigenvalue weighted by atomic mass is 32.2. The van der Waals surface area contributed by atoms with Crippen molar-refractivity contribution in [1.29, 1.82) is 0 Å². The lowest BCUT2D eigenvalue weighted by Gasteiger charge is -2.16. The van der Waals surface area contributed by atoms with Crippen molar-refractivity contribution in [2.75, 3.05) is 31.6 Å². The van der Waals surface area contributed by atoms with Gasteiger partial charge in [0.15, 0.2) is 0 Å². The quantitative estimate of drug-likeness (QED) is 0.419. The molecule has 0 saturated carbocycles. The number of amides is 3. The minimum absolute atomic E-state index is 0.179. The Morgan fingerprint density at radius 2 is 2.00 bits per heavy atom. The first kappa shape index (κ1) is 17.1. The molecule has 0 aliphatic carbocycles. The van der Waals surface area contributed by atoms with E-state index in [0.717, 1.165) is 25.3 Å². The van der Waals surface area contributed by atoms with Crippen LogP contribution in [0.1, 0.15) is 19.8 Å². The first-order valence-electron chi connectivity index (χ1n) is 6.15. The molecule has 0 aromatic heterocycles. The van der Waals surface area contributed by atoms with Crippen molar-refractivity contribution in [3.63, 3.8) is 0 Å². The maximum Gasteiger partial charge on any atom is 0.312 e. The second kappa shape index (κ2) is 11.2. The maximum absolute atomic E-state index is 11.8. The first-order valence-corrected chi connectivity index (χ1v) is 7.54. The van der Waals surface area contributed by atoms with E-state index < -0.39 is 12.1 Å². The fourth-order valence-corrected chi connectivity index (χ4v) is 1.85. The summed E-state index contributed by atoms with van der Waals surface area (Å²) < 4.78 is 0. The predicted octanol–water partition coefficient (Wildman–Crippen LogP) is -0.108. The second-order valence-electron chi connectivity index (χ2n) is 3.88. The summed E-state index contributed by atoms with van der Waals surface area (Å²) in [5.74, 6) is 0.619. The van der Waals surface area contributed by atoms with E-state index in [1.165, 1.54) is 0 Å². The number of hydrogen-bond acceptors (Lipinski definition) is 4. The van der Waals surface area contributed by atoms with E-state index in [0.29, 0.717) is 13.0 Å². The summed E-state index contributed by atoms with van der Waals surface area (Å²) in [4.78, 5) is 22.6. The molecule has 0 aromatic rings. The molecule has 1 unspecified atom stereocenters. The highest BCUT2D eigenvalue weighted by Gasteiger charge is 2.18. The highest BCUT2D eigenvalue weighted by molar-refractivity contribution is 7.98. The van der Waals surface area contributed by atoms with Gasteiger partial charge in [0.1, 0.15) is 6.04 Å². The van der Waals surface area contributed by atoms with Gasteiger partial charge in [-0.1, -0.05) is 6.92 Å². The summed E-state index contributed by atoms with van der Waals surface area (Å²) in [6, 6.07) is -1.21. The summed E-state index contributed by atoms with van der Waals surface area (Å²) in [6.45, 7) is 4.30. The second-order valence-corrected chi connectivity index (χ2v) is 4.87. The van der Waals surface area contributed by atoms with Gasteiger partial charge in [-0.15, -0.1) is 0 Å². The average Bonchev–Trinajstić information content (AvgIpc) is 2.33. The molecule has 0 aliphatic rings. The fraction of sp³-hybridized carbons (Fsp3) is 0.818. The molecule has 0 spiro atoms. The number of hydrogen-bond donors (Lipinski definition) is 4. The lowest BCUT2D eigenvalue weighted by atomic mass is 10.2. The van der Waals surface area contributed by atoms with Crippen LogP contribution in [0.3, 0.4) is 0 Å². The molecule has 5 N–H and O–H groups in total. The van der Waals surface area contributed by atoms with Crippen LogP contribution in [0.4, 0.5) is 4.79 Å². The number of nitrogens with two attached hydrogens (primary N) is 1. The molecule has 0 heterocycles. The zero-order valence-electron chi connectivity index (χ0n) is 11.1. The molecule has 7 heteroatoms. The average molecular weight is 276 g/mol. The largest absolute Gasteiger partial charge is 0.353 e. The van der Waals surface area contributed by atoms with Crippen molar-refractivity contribution in [1.82, 2.24) is 16.0 Å². The SMILES string of the molecule is CCCNCCNC(=O)C(CCSC)NC(N)=O. The lowest BCUT2D eigenvalue weighted by molar-refractivity contribution is -0.122. The van der Waals surface area contributed by atoms with Crippen molar-refractivity contribution in [2.45, 2.75) is 25.8 Å². The zero-order chi connectivity index (χ0) is 13.8. The van der Waals surface area contributed by atoms with Crippen molar-refractivity contribution >= 4 is 23.7 Å². The van der Waals surface area contributed by atoms with Crippen LogP contribution in [0.15, 0.2) is 0 Å². The Labute approximate surface area is 113 Å². The van der Waals surface area contributed by atoms with Crippen LogP contribution < -0.4 is 21.7 Å². The molecule has 0 aliphatic heterocycles. The number of carbonyl (C=O) groups is 2. The minimum atomic E-state index is -0.666. The lowest BCUT2D eigenvalue weighted by Crippen LogP contribution is -2.49. The molecule has 6 nitrogen and oxygen atoms in total. The van der Waals surface area contributed by atoms with Gasteiger partial charge in [-0.25, -0.2) is 4.79 Å². The van der Waals surface area contributed by atoms with E-state index in [2.05, 4.69) is 22.9 Å². The number of nitrogens with one attached hydrogen (secondary N) is 3. The van der Waals surface area contributed by atoms with Crippen molar-refractivity contribution in [3.8, 4) is 0 Å². The van der Waals surface area contributed by atoms with Gasteiger partial charge >= 0.3 is 6.03 Å². The van der Waals surface area contributed by atoms with Gasteiger partial charge in [-0.05, 0) is 31.4 Å².